The van der Waals surface area contributed by atoms with Gasteiger partial charge in [-0.3, -0.25) is 14.9 Å². The second kappa shape index (κ2) is 8.51. The molecule has 1 aliphatic heterocycles. The maximum absolute atomic E-state index is 12.6. The number of hydrogen-bond donors (Lipinski definition) is 0. The van der Waals surface area contributed by atoms with Crippen molar-refractivity contribution in [1.29, 1.82) is 0 Å². The van der Waals surface area contributed by atoms with Crippen LogP contribution < -0.4 is 9.84 Å². The highest BCUT2D eigenvalue weighted by Crippen LogP contribution is 2.35. The van der Waals surface area contributed by atoms with Gasteiger partial charge in [-0.05, 0) is 41.8 Å². The molecule has 1 aliphatic rings. The molecular weight excluding hydrogens is 378 g/mol. The van der Waals surface area contributed by atoms with Crippen molar-refractivity contribution in [2.24, 2.45) is 5.10 Å². The number of methoxy groups -OCH3 is 1. The first-order chi connectivity index (χ1) is 13.9. The molecule has 0 spiro atoms. The van der Waals surface area contributed by atoms with Crippen LogP contribution in [0, 0.1) is 10.1 Å². The number of carbonyl (C=O) groups excluding carboxylic acids is 2. The van der Waals surface area contributed by atoms with Crippen molar-refractivity contribution >= 4 is 23.3 Å². The number of carboxylic acids is 1. The summed E-state index contributed by atoms with van der Waals surface area (Å²) < 4.78 is 5.14. The van der Waals surface area contributed by atoms with Gasteiger partial charge in [-0.25, -0.2) is 5.01 Å². The summed E-state index contributed by atoms with van der Waals surface area (Å²) in [7, 11) is 1.55. The van der Waals surface area contributed by atoms with Crippen molar-refractivity contribution in [3.8, 4) is 5.75 Å². The lowest BCUT2D eigenvalue weighted by atomic mass is 9.98. The van der Waals surface area contributed by atoms with E-state index in [9.17, 15) is 24.8 Å². The summed E-state index contributed by atoms with van der Waals surface area (Å²) in [4.78, 5) is 33.9. The van der Waals surface area contributed by atoms with Gasteiger partial charge in [0.15, 0.2) is 0 Å². The maximum atomic E-state index is 12.6. The summed E-state index contributed by atoms with van der Waals surface area (Å²) in [6.45, 7) is 0. The van der Waals surface area contributed by atoms with Gasteiger partial charge in [0.2, 0.25) is 5.91 Å². The van der Waals surface area contributed by atoms with Crippen LogP contribution in [0.15, 0.2) is 53.6 Å². The monoisotopic (exact) mass is 396 g/mol. The summed E-state index contributed by atoms with van der Waals surface area (Å²) in [5, 5.41) is 27.5. The van der Waals surface area contributed by atoms with Crippen molar-refractivity contribution < 1.29 is 24.4 Å². The lowest BCUT2D eigenvalue weighted by molar-refractivity contribution is -0.385. The normalized spacial score (nSPS) is 15.7. The third-order valence-corrected chi connectivity index (χ3v) is 4.60. The topological polar surface area (TPSA) is 125 Å². The number of carbonyl (C=O) groups is 2. The summed E-state index contributed by atoms with van der Waals surface area (Å²) in [5.41, 5.74) is 1.85. The molecule has 150 valence electrons. The van der Waals surface area contributed by atoms with E-state index in [2.05, 4.69) is 5.10 Å². The molecule has 1 amide bonds. The number of non-ortho nitro benzene ring substituents is 1. The van der Waals surface area contributed by atoms with E-state index in [4.69, 9.17) is 4.74 Å². The molecule has 2 aromatic carbocycles. The number of rotatable bonds is 7. The lowest BCUT2D eigenvalue weighted by Crippen LogP contribution is -2.29. The van der Waals surface area contributed by atoms with Crippen molar-refractivity contribution in [3.63, 3.8) is 0 Å². The quantitative estimate of drug-likeness (QED) is 0.519. The number of hydrazone groups is 1. The largest absolute Gasteiger partial charge is 0.550 e. The number of aliphatic carboxylic acids is 1. The van der Waals surface area contributed by atoms with E-state index in [1.165, 1.54) is 17.1 Å². The zero-order valence-electron chi connectivity index (χ0n) is 15.6. The van der Waals surface area contributed by atoms with Crippen LogP contribution in [-0.4, -0.2) is 34.6 Å². The standard InChI is InChI=1S/C20H19N3O6/c1-29-16-7-5-13(6-8-16)17-12-18(14-3-2-4-15(11-14)23(27)28)22(21-17)19(24)9-10-20(25)26/h2-8,11,18H,9-10,12H2,1H3,(H,25,26)/p-1/t18-/m1/s1. The number of nitro benzene ring substituents is 1. The molecule has 0 fully saturated rings. The SMILES string of the molecule is COc1ccc(C2=NN(C(=O)CCC(=O)[O-])[C@@H](c3cccc([N+](=O)[O-])c3)C2)cc1. The van der Waals surface area contributed by atoms with Crippen LogP contribution in [0.1, 0.15) is 36.4 Å². The van der Waals surface area contributed by atoms with E-state index < -0.39 is 29.3 Å². The molecule has 1 heterocycles. The smallest absolute Gasteiger partial charge is 0.269 e. The first kappa shape index (κ1) is 20.0. The number of hydrogen-bond acceptors (Lipinski definition) is 7. The van der Waals surface area contributed by atoms with Gasteiger partial charge in [0.1, 0.15) is 5.75 Å². The molecule has 0 saturated carbocycles. The van der Waals surface area contributed by atoms with Gasteiger partial charge >= 0.3 is 0 Å². The van der Waals surface area contributed by atoms with Gasteiger partial charge < -0.3 is 14.6 Å². The van der Waals surface area contributed by atoms with E-state index in [1.54, 1.807) is 43.5 Å². The molecule has 0 saturated heterocycles. The molecule has 0 bridgehead atoms. The van der Waals surface area contributed by atoms with Crippen LogP contribution in [0.4, 0.5) is 5.69 Å². The Labute approximate surface area is 166 Å². The van der Waals surface area contributed by atoms with E-state index in [0.29, 0.717) is 23.4 Å². The number of carboxylic acid groups (broad SMARTS) is 1. The van der Waals surface area contributed by atoms with Crippen LogP contribution >= 0.6 is 0 Å². The van der Waals surface area contributed by atoms with Crippen LogP contribution in [0.3, 0.4) is 0 Å². The van der Waals surface area contributed by atoms with Crippen LogP contribution in [0.2, 0.25) is 0 Å². The third-order valence-electron chi connectivity index (χ3n) is 4.60. The fraction of sp³-hybridized carbons (Fsp3) is 0.250. The van der Waals surface area contributed by atoms with Gasteiger partial charge in [0, 0.05) is 30.9 Å². The minimum atomic E-state index is -1.33. The van der Waals surface area contributed by atoms with Crippen LogP contribution in [-0.2, 0) is 9.59 Å². The van der Waals surface area contributed by atoms with Crippen molar-refractivity contribution in [1.82, 2.24) is 5.01 Å². The van der Waals surface area contributed by atoms with E-state index in [1.807, 2.05) is 0 Å². The first-order valence-electron chi connectivity index (χ1n) is 8.87. The van der Waals surface area contributed by atoms with E-state index in [0.717, 1.165) is 5.56 Å². The Bertz CT molecular complexity index is 970. The Morgan fingerprint density at radius 1 is 1.21 bits per heavy atom. The predicted octanol–water partition coefficient (Wildman–Crippen LogP) is 1.81. The summed E-state index contributed by atoms with van der Waals surface area (Å²) in [5.74, 6) is -1.15. The van der Waals surface area contributed by atoms with Crippen molar-refractivity contribution in [3.05, 3.63) is 69.8 Å². The second-order valence-electron chi connectivity index (χ2n) is 6.46. The Kier molecular flexibility index (Phi) is 5.87. The minimum Gasteiger partial charge on any atom is -0.550 e. The van der Waals surface area contributed by atoms with E-state index >= 15 is 0 Å². The Morgan fingerprint density at radius 3 is 2.55 bits per heavy atom. The summed E-state index contributed by atoms with van der Waals surface area (Å²) in [6, 6.07) is 12.6. The highest BCUT2D eigenvalue weighted by molar-refractivity contribution is 6.03. The molecule has 1 atom stereocenters. The molecule has 9 heteroatoms. The molecule has 0 aromatic heterocycles. The van der Waals surface area contributed by atoms with Crippen molar-refractivity contribution in [2.45, 2.75) is 25.3 Å². The van der Waals surface area contributed by atoms with Gasteiger partial charge in [0.25, 0.3) is 5.69 Å². The molecule has 0 radical (unpaired) electrons. The fourth-order valence-corrected chi connectivity index (χ4v) is 3.13. The number of ether oxygens (including phenoxy) is 1. The lowest BCUT2D eigenvalue weighted by Gasteiger charge is -2.22. The molecule has 2 aromatic rings. The Balaban J connectivity index is 1.93. The predicted molar refractivity (Wildman–Crippen MR) is 101 cm³/mol. The van der Waals surface area contributed by atoms with Gasteiger partial charge in [-0.2, -0.15) is 5.10 Å². The number of nitrogens with zero attached hydrogens (tertiary/aromatic N) is 3. The van der Waals surface area contributed by atoms with Gasteiger partial charge in [-0.1, -0.05) is 12.1 Å². The second-order valence-corrected chi connectivity index (χ2v) is 6.46. The number of nitro groups is 1. The summed E-state index contributed by atoms with van der Waals surface area (Å²) in [6.07, 6.45) is -0.359. The highest BCUT2D eigenvalue weighted by atomic mass is 16.6. The van der Waals surface area contributed by atoms with Gasteiger partial charge in [-0.15, -0.1) is 0 Å². The first-order valence-corrected chi connectivity index (χ1v) is 8.87. The zero-order chi connectivity index (χ0) is 21.0. The molecule has 29 heavy (non-hydrogen) atoms. The van der Waals surface area contributed by atoms with Gasteiger partial charge in [0.05, 0.1) is 23.8 Å². The third kappa shape index (κ3) is 4.57. The molecular formula is C20H18N3O6-. The molecule has 0 N–H and O–H groups in total. The molecule has 9 nitrogen and oxygen atoms in total. The minimum absolute atomic E-state index is 0.0949. The Hall–Kier alpha value is -3.75. The van der Waals surface area contributed by atoms with Crippen molar-refractivity contribution in [2.75, 3.05) is 7.11 Å². The van der Waals surface area contributed by atoms with Crippen LogP contribution in [0.5, 0.6) is 5.75 Å². The molecule has 0 unspecified atom stereocenters. The zero-order valence-corrected chi connectivity index (χ0v) is 15.6. The molecule has 0 aliphatic carbocycles. The van der Waals surface area contributed by atoms with E-state index in [-0.39, 0.29) is 12.1 Å². The average Bonchev–Trinajstić information content (AvgIpc) is 3.17. The number of amides is 1. The highest BCUT2D eigenvalue weighted by Gasteiger charge is 2.33. The van der Waals surface area contributed by atoms with Crippen LogP contribution in [0.25, 0.3) is 0 Å². The maximum Gasteiger partial charge on any atom is 0.269 e. The summed E-state index contributed by atoms with van der Waals surface area (Å²) >= 11 is 0. The number of benzene rings is 2. The Morgan fingerprint density at radius 2 is 1.93 bits per heavy atom. The fourth-order valence-electron chi connectivity index (χ4n) is 3.13. The average molecular weight is 396 g/mol. The molecule has 3 rings (SSSR count).